The predicted octanol–water partition coefficient (Wildman–Crippen LogP) is 6.41. The van der Waals surface area contributed by atoms with Gasteiger partial charge in [0, 0.05) is 30.7 Å². The molecule has 1 atom stereocenters. The number of fused-ring (bicyclic) bond motifs is 1. The zero-order valence-corrected chi connectivity index (χ0v) is 23.5. The van der Waals surface area contributed by atoms with E-state index < -0.39 is 24.9 Å². The first-order valence-electron chi connectivity index (χ1n) is 12.7. The molecule has 1 aliphatic rings. The van der Waals surface area contributed by atoms with Gasteiger partial charge in [0.25, 0.3) is 0 Å². The van der Waals surface area contributed by atoms with E-state index in [0.29, 0.717) is 35.8 Å². The van der Waals surface area contributed by atoms with Crippen molar-refractivity contribution in [3.05, 3.63) is 58.4 Å². The van der Waals surface area contributed by atoms with Gasteiger partial charge < -0.3 is 14.8 Å². The maximum atomic E-state index is 13.5. The second-order valence-corrected chi connectivity index (χ2v) is 13.7. The van der Waals surface area contributed by atoms with Crippen molar-refractivity contribution in [1.82, 2.24) is 14.9 Å². The third kappa shape index (κ3) is 5.73. The molecule has 2 aromatic carbocycles. The summed E-state index contributed by atoms with van der Waals surface area (Å²) in [5.74, 6) is 1.19. The molecule has 1 aliphatic heterocycles. The summed E-state index contributed by atoms with van der Waals surface area (Å²) in [5.41, 5.74) is 1.65. The van der Waals surface area contributed by atoms with Crippen LogP contribution in [0.2, 0.25) is 0 Å². The number of nitrogens with one attached hydrogen (secondary N) is 1. The van der Waals surface area contributed by atoms with Gasteiger partial charge in [-0.05, 0) is 87.7 Å². The zero-order chi connectivity index (χ0) is 28.0. The molecule has 0 saturated carbocycles. The third-order valence-corrected chi connectivity index (χ3v) is 8.96. The maximum Gasteiger partial charge on any atom is 0.416 e. The minimum atomic E-state index is -4.43. The van der Waals surface area contributed by atoms with E-state index in [-0.39, 0.29) is 17.4 Å². The van der Waals surface area contributed by atoms with E-state index in [0.717, 1.165) is 35.2 Å². The number of likely N-dealkylation sites (tertiary alicyclic amines) is 1. The number of aromatic nitrogens is 2. The highest BCUT2D eigenvalue weighted by Crippen LogP contribution is 2.42. The van der Waals surface area contributed by atoms with E-state index in [1.165, 1.54) is 13.0 Å². The van der Waals surface area contributed by atoms with Crippen molar-refractivity contribution >= 4 is 35.1 Å². The molecule has 1 aromatic heterocycles. The van der Waals surface area contributed by atoms with E-state index in [4.69, 9.17) is 0 Å². The Hall–Kier alpha value is -2.93. The molecule has 3 aromatic rings. The molecule has 0 bridgehead atoms. The van der Waals surface area contributed by atoms with Crippen molar-refractivity contribution in [3.63, 3.8) is 0 Å². The van der Waals surface area contributed by atoms with Gasteiger partial charge in [-0.1, -0.05) is 12.1 Å². The zero-order valence-electron chi connectivity index (χ0n) is 22.6. The first-order valence-corrected chi connectivity index (χ1v) is 15.3. The van der Waals surface area contributed by atoms with Gasteiger partial charge in [0.15, 0.2) is 0 Å². The van der Waals surface area contributed by atoms with Crippen molar-refractivity contribution in [1.29, 1.82) is 0 Å². The van der Waals surface area contributed by atoms with Crippen LogP contribution in [0.25, 0.3) is 10.9 Å². The van der Waals surface area contributed by atoms with E-state index in [2.05, 4.69) is 15.3 Å². The number of amides is 1. The Morgan fingerprint density at radius 1 is 1.13 bits per heavy atom. The SMILES string of the molecule is CC(=O)N1CCC(c2cc3c(N[C@H](C)c4cccc(C(F)(F)F)c4C)nc(C)nc3cc2P(C)(C)=O)CC1. The summed E-state index contributed by atoms with van der Waals surface area (Å²) in [6, 6.07) is 7.61. The molecule has 4 rings (SSSR count). The highest BCUT2D eigenvalue weighted by atomic mass is 31.2. The minimum absolute atomic E-state index is 0.0491. The first kappa shape index (κ1) is 28.1. The topological polar surface area (TPSA) is 75.2 Å². The van der Waals surface area contributed by atoms with Crippen LogP contribution in [-0.2, 0) is 15.5 Å². The lowest BCUT2D eigenvalue weighted by Crippen LogP contribution is -2.37. The number of carbonyl (C=O) groups excluding carboxylic acids is 1. The van der Waals surface area contributed by atoms with Crippen molar-refractivity contribution in [3.8, 4) is 0 Å². The van der Waals surface area contributed by atoms with Crippen LogP contribution in [0.3, 0.4) is 0 Å². The average molecular weight is 547 g/mol. The number of hydrogen-bond acceptors (Lipinski definition) is 5. The number of benzene rings is 2. The molecule has 6 nitrogen and oxygen atoms in total. The van der Waals surface area contributed by atoms with Crippen LogP contribution in [-0.4, -0.2) is 47.2 Å². The van der Waals surface area contributed by atoms with Gasteiger partial charge in [-0.3, -0.25) is 4.79 Å². The summed E-state index contributed by atoms with van der Waals surface area (Å²) in [7, 11) is -2.66. The number of aryl methyl sites for hydroxylation is 1. The normalized spacial score (nSPS) is 16.1. The third-order valence-electron chi connectivity index (χ3n) is 7.42. The number of anilines is 1. The summed E-state index contributed by atoms with van der Waals surface area (Å²) in [6.45, 7) is 11.4. The molecule has 2 heterocycles. The fraction of sp³-hybridized carbons (Fsp3) is 0.464. The number of rotatable bonds is 5. The van der Waals surface area contributed by atoms with Crippen LogP contribution in [0.4, 0.5) is 19.0 Å². The number of piperidine rings is 1. The van der Waals surface area contributed by atoms with E-state index >= 15 is 0 Å². The fourth-order valence-electron chi connectivity index (χ4n) is 5.42. The van der Waals surface area contributed by atoms with Gasteiger partial charge in [0.05, 0.1) is 17.1 Å². The summed E-state index contributed by atoms with van der Waals surface area (Å²) in [6.07, 6.45) is -2.92. The molecule has 1 N–H and O–H groups in total. The maximum absolute atomic E-state index is 13.5. The lowest BCUT2D eigenvalue weighted by Gasteiger charge is -2.33. The van der Waals surface area contributed by atoms with Crippen molar-refractivity contribution in [2.45, 2.75) is 58.7 Å². The lowest BCUT2D eigenvalue weighted by atomic mass is 9.88. The number of alkyl halides is 3. The monoisotopic (exact) mass is 546 g/mol. The Kier molecular flexibility index (Phi) is 7.63. The van der Waals surface area contributed by atoms with Crippen LogP contribution in [0.15, 0.2) is 30.3 Å². The second kappa shape index (κ2) is 10.3. The molecule has 204 valence electrons. The summed E-state index contributed by atoms with van der Waals surface area (Å²) in [4.78, 5) is 22.9. The molecule has 1 amide bonds. The van der Waals surface area contributed by atoms with Gasteiger partial charge >= 0.3 is 6.18 Å². The Bertz CT molecular complexity index is 1430. The lowest BCUT2D eigenvalue weighted by molar-refractivity contribution is -0.138. The van der Waals surface area contributed by atoms with Crippen LogP contribution >= 0.6 is 7.14 Å². The molecule has 0 unspecified atom stereocenters. The Labute approximate surface area is 221 Å². The highest BCUT2D eigenvalue weighted by molar-refractivity contribution is 7.70. The molecule has 10 heteroatoms. The number of halogens is 3. The molecular formula is C28H34F3N4O2P. The fourth-order valence-corrected chi connectivity index (χ4v) is 6.72. The molecule has 0 spiro atoms. The minimum Gasteiger partial charge on any atom is -0.363 e. The average Bonchev–Trinajstić information content (AvgIpc) is 2.82. The number of hydrogen-bond donors (Lipinski definition) is 1. The van der Waals surface area contributed by atoms with E-state index in [1.54, 1.807) is 33.2 Å². The van der Waals surface area contributed by atoms with Gasteiger partial charge in [0.1, 0.15) is 18.8 Å². The van der Waals surface area contributed by atoms with Gasteiger partial charge in [-0.25, -0.2) is 9.97 Å². The largest absolute Gasteiger partial charge is 0.416 e. The van der Waals surface area contributed by atoms with E-state index in [9.17, 15) is 22.5 Å². The van der Waals surface area contributed by atoms with Crippen LogP contribution < -0.4 is 10.6 Å². The Morgan fingerprint density at radius 2 is 1.79 bits per heavy atom. The molecule has 1 saturated heterocycles. The molecular weight excluding hydrogens is 512 g/mol. The highest BCUT2D eigenvalue weighted by Gasteiger charge is 2.33. The molecule has 38 heavy (non-hydrogen) atoms. The van der Waals surface area contributed by atoms with Crippen LogP contribution in [0, 0.1) is 13.8 Å². The predicted molar refractivity (Wildman–Crippen MR) is 146 cm³/mol. The Balaban J connectivity index is 1.79. The molecule has 0 aliphatic carbocycles. The van der Waals surface area contributed by atoms with E-state index in [1.807, 2.05) is 24.0 Å². The number of nitrogens with zero attached hydrogens (tertiary/aromatic N) is 3. The Morgan fingerprint density at radius 3 is 2.37 bits per heavy atom. The van der Waals surface area contributed by atoms with Gasteiger partial charge in [-0.15, -0.1) is 0 Å². The van der Waals surface area contributed by atoms with Gasteiger partial charge in [0.2, 0.25) is 5.91 Å². The molecule has 0 radical (unpaired) electrons. The molecule has 1 fully saturated rings. The van der Waals surface area contributed by atoms with Gasteiger partial charge in [-0.2, -0.15) is 13.2 Å². The second-order valence-electron chi connectivity index (χ2n) is 10.6. The summed E-state index contributed by atoms with van der Waals surface area (Å²) >= 11 is 0. The van der Waals surface area contributed by atoms with Crippen molar-refractivity contribution in [2.24, 2.45) is 0 Å². The van der Waals surface area contributed by atoms with Crippen LogP contribution in [0.5, 0.6) is 0 Å². The first-order chi connectivity index (χ1) is 17.7. The van der Waals surface area contributed by atoms with Crippen molar-refractivity contribution < 1.29 is 22.5 Å². The smallest absolute Gasteiger partial charge is 0.363 e. The van der Waals surface area contributed by atoms with Crippen LogP contribution in [0.1, 0.15) is 66.7 Å². The summed E-state index contributed by atoms with van der Waals surface area (Å²) < 4.78 is 53.9. The van der Waals surface area contributed by atoms with Crippen molar-refractivity contribution in [2.75, 3.05) is 31.7 Å². The number of carbonyl (C=O) groups is 1. The summed E-state index contributed by atoms with van der Waals surface area (Å²) in [5, 5.41) is 4.84. The quantitative estimate of drug-likeness (QED) is 0.374. The standard InChI is InChI=1S/C28H34F3N4O2P/c1-16-21(8-7-9-24(16)28(29,30)31)17(2)32-27-23-14-22(20-10-12-35(13-11-20)19(4)36)26(38(5,6)37)15-25(23)33-18(3)34-27/h7-9,14-15,17,20H,10-13H2,1-6H3,(H,32,33,34)/t17-/m1/s1.